The maximum absolute atomic E-state index is 5.64. The lowest BCUT2D eigenvalue weighted by atomic mass is 10.2. The van der Waals surface area contributed by atoms with Crippen LogP contribution in [0.5, 0.6) is 0 Å². The fourth-order valence-electron chi connectivity index (χ4n) is 2.73. The van der Waals surface area contributed by atoms with Gasteiger partial charge in [-0.25, -0.2) is 0 Å². The minimum atomic E-state index is 0.200. The van der Waals surface area contributed by atoms with Crippen molar-refractivity contribution in [2.45, 2.75) is 26.3 Å². The Balaban J connectivity index is 1.86. The Labute approximate surface area is 148 Å². The van der Waals surface area contributed by atoms with Crippen LogP contribution in [-0.4, -0.2) is 44.1 Å². The molecule has 0 aromatic carbocycles. The summed E-state index contributed by atoms with van der Waals surface area (Å²) in [5.74, 6) is 1.82. The molecule has 0 aliphatic carbocycles. The average Bonchev–Trinajstić information content (AvgIpc) is 3.30. The predicted octanol–water partition coefficient (Wildman–Crippen LogP) is 3.13. The molecule has 0 amide bonds. The SMILES string of the molecule is CCN(CC)C(CNC(=NC)NCCc1cccs1)c1ccco1. The third-order valence-corrected chi connectivity index (χ3v) is 4.99. The monoisotopic (exact) mass is 348 g/mol. The molecule has 1 atom stereocenters. The number of thiophene rings is 1. The van der Waals surface area contributed by atoms with Gasteiger partial charge >= 0.3 is 0 Å². The molecule has 0 fully saturated rings. The zero-order valence-corrected chi connectivity index (χ0v) is 15.6. The molecule has 2 aromatic heterocycles. The zero-order valence-electron chi connectivity index (χ0n) is 14.8. The van der Waals surface area contributed by atoms with E-state index in [1.165, 1.54) is 4.88 Å². The Morgan fingerprint density at radius 2 is 2.08 bits per heavy atom. The molecule has 0 spiro atoms. The van der Waals surface area contributed by atoms with E-state index < -0.39 is 0 Å². The van der Waals surface area contributed by atoms with Gasteiger partial charge in [0, 0.05) is 25.0 Å². The Bertz CT molecular complexity index is 576. The normalized spacial score (nSPS) is 13.2. The molecule has 2 rings (SSSR count). The van der Waals surface area contributed by atoms with Crippen LogP contribution in [0.3, 0.4) is 0 Å². The highest BCUT2D eigenvalue weighted by Gasteiger charge is 2.20. The van der Waals surface area contributed by atoms with E-state index in [2.05, 4.69) is 51.9 Å². The second-order valence-corrected chi connectivity index (χ2v) is 6.49. The summed E-state index contributed by atoms with van der Waals surface area (Å²) in [6.07, 6.45) is 2.75. The number of likely N-dealkylation sites (N-methyl/N-ethyl adjacent to an activating group) is 1. The lowest BCUT2D eigenvalue weighted by Gasteiger charge is -2.28. The topological polar surface area (TPSA) is 52.8 Å². The van der Waals surface area contributed by atoms with Crippen molar-refractivity contribution in [1.82, 2.24) is 15.5 Å². The molecule has 132 valence electrons. The summed E-state index contributed by atoms with van der Waals surface area (Å²) in [6, 6.07) is 8.43. The van der Waals surface area contributed by atoms with Gasteiger partial charge in [0.25, 0.3) is 0 Å². The maximum atomic E-state index is 5.64. The molecule has 2 N–H and O–H groups in total. The quantitative estimate of drug-likeness (QED) is 0.540. The molecule has 0 saturated carbocycles. The van der Waals surface area contributed by atoms with E-state index >= 15 is 0 Å². The number of rotatable bonds is 9. The summed E-state index contributed by atoms with van der Waals surface area (Å²) < 4.78 is 5.64. The minimum Gasteiger partial charge on any atom is -0.468 e. The summed E-state index contributed by atoms with van der Waals surface area (Å²) in [7, 11) is 1.81. The molecule has 5 nitrogen and oxygen atoms in total. The first kappa shape index (κ1) is 18.5. The third kappa shape index (κ3) is 5.39. The maximum Gasteiger partial charge on any atom is 0.191 e. The van der Waals surface area contributed by atoms with Gasteiger partial charge in [-0.05, 0) is 43.1 Å². The number of hydrogen-bond acceptors (Lipinski definition) is 4. The second-order valence-electron chi connectivity index (χ2n) is 5.46. The molecular formula is C18H28N4OS. The highest BCUT2D eigenvalue weighted by Crippen LogP contribution is 2.20. The van der Waals surface area contributed by atoms with Crippen LogP contribution in [0.4, 0.5) is 0 Å². The largest absolute Gasteiger partial charge is 0.468 e. The van der Waals surface area contributed by atoms with E-state index in [0.29, 0.717) is 0 Å². The smallest absolute Gasteiger partial charge is 0.191 e. The first-order valence-electron chi connectivity index (χ1n) is 8.52. The van der Waals surface area contributed by atoms with Gasteiger partial charge < -0.3 is 15.1 Å². The van der Waals surface area contributed by atoms with Gasteiger partial charge in [-0.15, -0.1) is 11.3 Å². The second kappa shape index (κ2) is 10.2. The van der Waals surface area contributed by atoms with Crippen LogP contribution >= 0.6 is 11.3 Å². The van der Waals surface area contributed by atoms with Crippen LogP contribution in [0.1, 0.15) is 30.5 Å². The van der Waals surface area contributed by atoms with E-state index in [0.717, 1.165) is 44.3 Å². The van der Waals surface area contributed by atoms with Crippen molar-refractivity contribution in [3.8, 4) is 0 Å². The average molecular weight is 349 g/mol. The number of aliphatic imine (C=N–C) groups is 1. The number of guanidine groups is 1. The summed E-state index contributed by atoms with van der Waals surface area (Å²) in [5, 5.41) is 8.92. The van der Waals surface area contributed by atoms with Crippen molar-refractivity contribution in [1.29, 1.82) is 0 Å². The van der Waals surface area contributed by atoms with Crippen molar-refractivity contribution in [3.63, 3.8) is 0 Å². The summed E-state index contributed by atoms with van der Waals surface area (Å²) >= 11 is 1.79. The molecule has 0 aliphatic heterocycles. The fraction of sp³-hybridized carbons (Fsp3) is 0.500. The van der Waals surface area contributed by atoms with Crippen LogP contribution in [0, 0.1) is 0 Å². The zero-order chi connectivity index (χ0) is 17.2. The number of furan rings is 1. The Hall–Kier alpha value is -1.79. The molecule has 0 bridgehead atoms. The highest BCUT2D eigenvalue weighted by atomic mass is 32.1. The van der Waals surface area contributed by atoms with E-state index in [1.54, 1.807) is 24.6 Å². The van der Waals surface area contributed by atoms with Crippen LogP contribution < -0.4 is 10.6 Å². The van der Waals surface area contributed by atoms with E-state index in [1.807, 2.05) is 12.1 Å². The number of nitrogens with zero attached hydrogens (tertiary/aromatic N) is 2. The summed E-state index contributed by atoms with van der Waals surface area (Å²) in [5.41, 5.74) is 0. The van der Waals surface area contributed by atoms with Gasteiger partial charge in [0.1, 0.15) is 5.76 Å². The molecule has 24 heavy (non-hydrogen) atoms. The fourth-order valence-corrected chi connectivity index (χ4v) is 3.44. The van der Waals surface area contributed by atoms with Gasteiger partial charge in [0.05, 0.1) is 12.3 Å². The Morgan fingerprint density at radius 3 is 2.67 bits per heavy atom. The Morgan fingerprint density at radius 1 is 1.25 bits per heavy atom. The highest BCUT2D eigenvalue weighted by molar-refractivity contribution is 7.09. The molecule has 6 heteroatoms. The van der Waals surface area contributed by atoms with Crippen LogP contribution in [-0.2, 0) is 6.42 Å². The standard InChI is InChI=1S/C18H28N4OS/c1-4-22(5-2)16(17-9-6-12-23-17)14-21-18(19-3)20-11-10-15-8-7-13-24-15/h6-9,12-13,16H,4-5,10-11,14H2,1-3H3,(H2,19,20,21). The van der Waals surface area contributed by atoms with Gasteiger partial charge in [-0.2, -0.15) is 0 Å². The Kier molecular flexibility index (Phi) is 7.85. The molecule has 2 aromatic rings. The van der Waals surface area contributed by atoms with E-state index in [-0.39, 0.29) is 6.04 Å². The van der Waals surface area contributed by atoms with Crippen LogP contribution in [0.2, 0.25) is 0 Å². The molecule has 0 radical (unpaired) electrons. The lowest BCUT2D eigenvalue weighted by Crippen LogP contribution is -2.43. The van der Waals surface area contributed by atoms with E-state index in [9.17, 15) is 0 Å². The number of hydrogen-bond donors (Lipinski definition) is 2. The number of nitrogens with one attached hydrogen (secondary N) is 2. The van der Waals surface area contributed by atoms with Gasteiger partial charge in [0.15, 0.2) is 5.96 Å². The van der Waals surface area contributed by atoms with Gasteiger partial charge in [0.2, 0.25) is 0 Å². The molecule has 1 unspecified atom stereocenters. The first-order valence-corrected chi connectivity index (χ1v) is 9.40. The molecule has 2 heterocycles. The molecular weight excluding hydrogens is 320 g/mol. The van der Waals surface area contributed by atoms with Gasteiger partial charge in [-0.1, -0.05) is 19.9 Å². The summed E-state index contributed by atoms with van der Waals surface area (Å²) in [6.45, 7) is 7.94. The summed E-state index contributed by atoms with van der Waals surface area (Å²) in [4.78, 5) is 8.08. The van der Waals surface area contributed by atoms with Gasteiger partial charge in [-0.3, -0.25) is 9.89 Å². The first-order chi connectivity index (χ1) is 11.8. The van der Waals surface area contributed by atoms with Crippen LogP contribution in [0.25, 0.3) is 0 Å². The predicted molar refractivity (Wildman–Crippen MR) is 102 cm³/mol. The molecule has 0 saturated heterocycles. The minimum absolute atomic E-state index is 0.200. The van der Waals surface area contributed by atoms with Crippen molar-refractivity contribution in [2.24, 2.45) is 4.99 Å². The van der Waals surface area contributed by atoms with Crippen molar-refractivity contribution in [2.75, 3.05) is 33.2 Å². The lowest BCUT2D eigenvalue weighted by molar-refractivity contribution is 0.193. The van der Waals surface area contributed by atoms with Crippen molar-refractivity contribution < 1.29 is 4.42 Å². The van der Waals surface area contributed by atoms with Crippen molar-refractivity contribution >= 4 is 17.3 Å². The van der Waals surface area contributed by atoms with E-state index in [4.69, 9.17) is 4.42 Å². The molecule has 0 aliphatic rings. The van der Waals surface area contributed by atoms with Crippen LogP contribution in [0.15, 0.2) is 45.3 Å². The van der Waals surface area contributed by atoms with Crippen molar-refractivity contribution in [3.05, 3.63) is 46.5 Å². The third-order valence-electron chi connectivity index (χ3n) is 4.06.